The number of nitrogens with zero attached hydrogens (tertiary/aromatic N) is 1. The van der Waals surface area contributed by atoms with Crippen molar-refractivity contribution in [3.63, 3.8) is 0 Å². The number of H-pyrrole nitrogens is 1. The number of aryl methyl sites for hydroxylation is 2. The summed E-state index contributed by atoms with van der Waals surface area (Å²) in [6, 6.07) is 7.47. The molecule has 4 heteroatoms. The topological polar surface area (TPSA) is 51.3 Å². The van der Waals surface area contributed by atoms with Gasteiger partial charge in [-0.1, -0.05) is 13.0 Å². The molecule has 1 aliphatic heterocycles. The molecule has 0 aliphatic carbocycles. The Kier molecular flexibility index (Phi) is 4.52. The van der Waals surface area contributed by atoms with Crippen molar-refractivity contribution in [1.82, 2.24) is 15.2 Å². The molecule has 2 atom stereocenters. The maximum absolute atomic E-state index is 9.34. The molecule has 22 heavy (non-hydrogen) atoms. The van der Waals surface area contributed by atoms with Crippen molar-refractivity contribution in [3.8, 4) is 0 Å². The molecular formula is C18H27N3O. The Labute approximate surface area is 132 Å². The fourth-order valence-corrected chi connectivity index (χ4v) is 3.60. The second kappa shape index (κ2) is 6.41. The van der Waals surface area contributed by atoms with Crippen LogP contribution in [0, 0.1) is 6.92 Å². The van der Waals surface area contributed by atoms with E-state index in [0.29, 0.717) is 12.1 Å². The highest BCUT2D eigenvalue weighted by atomic mass is 16.3. The third-order valence-corrected chi connectivity index (χ3v) is 5.07. The lowest BCUT2D eigenvalue weighted by Gasteiger charge is -2.15. The summed E-state index contributed by atoms with van der Waals surface area (Å²) >= 11 is 0. The molecule has 3 N–H and O–H groups in total. The van der Waals surface area contributed by atoms with E-state index < -0.39 is 0 Å². The van der Waals surface area contributed by atoms with Gasteiger partial charge in [-0.25, -0.2) is 0 Å². The van der Waals surface area contributed by atoms with E-state index in [9.17, 15) is 5.11 Å². The van der Waals surface area contributed by atoms with Gasteiger partial charge in [-0.15, -0.1) is 0 Å². The molecule has 0 radical (unpaired) electrons. The van der Waals surface area contributed by atoms with Crippen molar-refractivity contribution < 1.29 is 5.11 Å². The maximum atomic E-state index is 9.34. The molecular weight excluding hydrogens is 274 g/mol. The summed E-state index contributed by atoms with van der Waals surface area (Å²) < 4.78 is 0. The van der Waals surface area contributed by atoms with Gasteiger partial charge in [0.2, 0.25) is 0 Å². The van der Waals surface area contributed by atoms with Crippen molar-refractivity contribution in [1.29, 1.82) is 0 Å². The van der Waals surface area contributed by atoms with Crippen LogP contribution in [0.5, 0.6) is 0 Å². The van der Waals surface area contributed by atoms with Gasteiger partial charge in [-0.3, -0.25) is 4.90 Å². The second-order valence-corrected chi connectivity index (χ2v) is 6.55. The van der Waals surface area contributed by atoms with E-state index in [1.54, 1.807) is 0 Å². The molecule has 1 aliphatic rings. The van der Waals surface area contributed by atoms with Crippen LogP contribution in [-0.2, 0) is 13.0 Å². The molecule has 1 fully saturated rings. The van der Waals surface area contributed by atoms with Crippen LogP contribution in [0.2, 0.25) is 0 Å². The summed E-state index contributed by atoms with van der Waals surface area (Å²) in [7, 11) is 2.09. The van der Waals surface area contributed by atoms with E-state index in [0.717, 1.165) is 25.9 Å². The minimum absolute atomic E-state index is 0.253. The average Bonchev–Trinajstić information content (AvgIpc) is 3.05. The van der Waals surface area contributed by atoms with Crippen molar-refractivity contribution in [2.24, 2.45) is 0 Å². The van der Waals surface area contributed by atoms with Crippen LogP contribution in [0.4, 0.5) is 0 Å². The summed E-state index contributed by atoms with van der Waals surface area (Å²) in [5, 5.41) is 14.3. The van der Waals surface area contributed by atoms with Crippen LogP contribution in [0.1, 0.15) is 30.2 Å². The van der Waals surface area contributed by atoms with E-state index in [1.807, 2.05) is 0 Å². The van der Waals surface area contributed by atoms with Gasteiger partial charge in [-0.2, -0.15) is 0 Å². The van der Waals surface area contributed by atoms with Crippen molar-refractivity contribution >= 4 is 10.9 Å². The van der Waals surface area contributed by atoms with Gasteiger partial charge in [0.05, 0.1) is 6.61 Å². The zero-order valence-electron chi connectivity index (χ0n) is 13.8. The number of aliphatic hydroxyl groups is 1. The molecule has 3 rings (SSSR count). The van der Waals surface area contributed by atoms with E-state index in [2.05, 4.69) is 54.3 Å². The number of likely N-dealkylation sites (tertiary alicyclic amines) is 1. The lowest BCUT2D eigenvalue weighted by molar-refractivity contribution is 0.182. The smallest absolute Gasteiger partial charge is 0.0587 e. The molecule has 0 unspecified atom stereocenters. The number of nitrogens with one attached hydrogen (secondary N) is 2. The number of fused-ring (bicyclic) bond motifs is 1. The zero-order chi connectivity index (χ0) is 15.7. The first-order valence-electron chi connectivity index (χ1n) is 8.27. The predicted molar refractivity (Wildman–Crippen MR) is 91.2 cm³/mol. The molecule has 1 aromatic heterocycles. The standard InChI is InChI=1S/C18H27N3O/c1-4-17-12(2)16-7-13(5-6-18(16)20-17)9-19-14-8-15(11-22)21(3)10-14/h5-7,14-15,19-20,22H,4,8-11H2,1-3H3/t14-,15-/m1/s1. The molecule has 0 bridgehead atoms. The molecule has 2 heterocycles. The molecule has 120 valence electrons. The predicted octanol–water partition coefficient (Wildman–Crippen LogP) is 2.19. The molecule has 2 aromatic rings. The normalized spacial score (nSPS) is 22.7. The molecule has 0 saturated carbocycles. The molecule has 1 aromatic carbocycles. The number of benzene rings is 1. The largest absolute Gasteiger partial charge is 0.395 e. The zero-order valence-corrected chi connectivity index (χ0v) is 13.8. The third-order valence-electron chi connectivity index (χ3n) is 5.07. The van der Waals surface area contributed by atoms with E-state index in [1.165, 1.54) is 27.7 Å². The molecule has 0 amide bonds. The average molecular weight is 301 g/mol. The van der Waals surface area contributed by atoms with Crippen LogP contribution >= 0.6 is 0 Å². The monoisotopic (exact) mass is 301 g/mol. The summed E-state index contributed by atoms with van der Waals surface area (Å²) in [4.78, 5) is 5.74. The second-order valence-electron chi connectivity index (χ2n) is 6.55. The van der Waals surface area contributed by atoms with Crippen LogP contribution in [-0.4, -0.2) is 47.3 Å². The highest BCUT2D eigenvalue weighted by Crippen LogP contribution is 2.23. The van der Waals surface area contributed by atoms with E-state index in [-0.39, 0.29) is 6.61 Å². The maximum Gasteiger partial charge on any atom is 0.0587 e. The Morgan fingerprint density at radius 1 is 1.41 bits per heavy atom. The van der Waals surface area contributed by atoms with Gasteiger partial charge < -0.3 is 15.4 Å². The lowest BCUT2D eigenvalue weighted by Crippen LogP contribution is -2.31. The summed E-state index contributed by atoms with van der Waals surface area (Å²) in [5.74, 6) is 0. The number of aliphatic hydroxyl groups excluding tert-OH is 1. The lowest BCUT2D eigenvalue weighted by atomic mass is 10.1. The van der Waals surface area contributed by atoms with Crippen molar-refractivity contribution in [3.05, 3.63) is 35.0 Å². The van der Waals surface area contributed by atoms with Crippen molar-refractivity contribution in [2.75, 3.05) is 20.2 Å². The van der Waals surface area contributed by atoms with E-state index >= 15 is 0 Å². The van der Waals surface area contributed by atoms with Gasteiger partial charge in [0, 0.05) is 41.8 Å². The Hall–Kier alpha value is -1.36. The SMILES string of the molecule is CCc1[nH]c2ccc(CN[C@@H]3C[C@H](CO)N(C)C3)cc2c1C. The summed E-state index contributed by atoms with van der Waals surface area (Å²) in [6.45, 7) is 6.54. The van der Waals surface area contributed by atoms with Gasteiger partial charge >= 0.3 is 0 Å². The first kappa shape index (κ1) is 15.5. The highest BCUT2D eigenvalue weighted by molar-refractivity contribution is 5.85. The summed E-state index contributed by atoms with van der Waals surface area (Å²) in [6.07, 6.45) is 2.07. The Bertz CT molecular complexity index is 649. The van der Waals surface area contributed by atoms with Gasteiger partial charge in [-0.05, 0) is 50.1 Å². The minimum Gasteiger partial charge on any atom is -0.395 e. The van der Waals surface area contributed by atoms with Crippen molar-refractivity contribution in [2.45, 2.75) is 45.3 Å². The Morgan fingerprint density at radius 3 is 2.91 bits per heavy atom. The van der Waals surface area contributed by atoms with Crippen LogP contribution in [0.3, 0.4) is 0 Å². The fourth-order valence-electron chi connectivity index (χ4n) is 3.60. The van der Waals surface area contributed by atoms with Gasteiger partial charge in [0.25, 0.3) is 0 Å². The highest BCUT2D eigenvalue weighted by Gasteiger charge is 2.28. The van der Waals surface area contributed by atoms with Gasteiger partial charge in [0.1, 0.15) is 0 Å². The number of aromatic nitrogens is 1. The molecule has 0 spiro atoms. The Balaban J connectivity index is 1.68. The quantitative estimate of drug-likeness (QED) is 0.793. The molecule has 4 nitrogen and oxygen atoms in total. The Morgan fingerprint density at radius 2 is 2.23 bits per heavy atom. The number of hydrogen-bond acceptors (Lipinski definition) is 3. The number of hydrogen-bond donors (Lipinski definition) is 3. The number of rotatable bonds is 5. The van der Waals surface area contributed by atoms with Crippen LogP contribution < -0.4 is 5.32 Å². The molecule has 1 saturated heterocycles. The number of aromatic amines is 1. The summed E-state index contributed by atoms with van der Waals surface area (Å²) in [5.41, 5.74) is 5.27. The fraction of sp³-hybridized carbons (Fsp3) is 0.556. The third kappa shape index (κ3) is 2.91. The number of likely N-dealkylation sites (N-methyl/N-ethyl adjacent to an activating group) is 1. The first-order chi connectivity index (χ1) is 10.6. The van der Waals surface area contributed by atoms with Gasteiger partial charge in [0.15, 0.2) is 0 Å². The first-order valence-corrected chi connectivity index (χ1v) is 8.27. The van der Waals surface area contributed by atoms with Crippen LogP contribution in [0.15, 0.2) is 18.2 Å². The van der Waals surface area contributed by atoms with Crippen LogP contribution in [0.25, 0.3) is 10.9 Å². The minimum atomic E-state index is 0.253. The van der Waals surface area contributed by atoms with E-state index in [4.69, 9.17) is 0 Å².